The van der Waals surface area contributed by atoms with Gasteiger partial charge in [0.2, 0.25) is 5.91 Å². The van der Waals surface area contributed by atoms with Crippen molar-refractivity contribution in [3.05, 3.63) is 64.2 Å². The smallest absolute Gasteiger partial charge is 0.408 e. The number of benzene rings is 2. The van der Waals surface area contributed by atoms with Gasteiger partial charge in [0.15, 0.2) is 0 Å². The summed E-state index contributed by atoms with van der Waals surface area (Å²) in [6.45, 7) is 12.7. The average molecular weight is 454 g/mol. The third-order valence-electron chi connectivity index (χ3n) is 5.26. The maximum absolute atomic E-state index is 13.5. The molecule has 7 nitrogen and oxygen atoms in total. The first-order chi connectivity index (χ1) is 15.3. The Labute approximate surface area is 196 Å². The van der Waals surface area contributed by atoms with Crippen molar-refractivity contribution in [1.29, 1.82) is 0 Å². The second kappa shape index (κ2) is 10.5. The number of nitrogens with one attached hydrogen (secondary N) is 2. The first-order valence-electron chi connectivity index (χ1n) is 11.0. The Morgan fingerprint density at radius 1 is 0.970 bits per heavy atom. The van der Waals surface area contributed by atoms with Crippen LogP contribution < -0.4 is 10.6 Å². The van der Waals surface area contributed by atoms with E-state index in [0.717, 1.165) is 33.5 Å². The number of para-hydroxylation sites is 1. The Kier molecular flexibility index (Phi) is 8.25. The maximum Gasteiger partial charge on any atom is 0.408 e. The van der Waals surface area contributed by atoms with Crippen LogP contribution in [0.15, 0.2) is 36.4 Å². The van der Waals surface area contributed by atoms with Gasteiger partial charge in [-0.3, -0.25) is 9.59 Å². The van der Waals surface area contributed by atoms with Crippen molar-refractivity contribution >= 4 is 23.6 Å². The number of hydrogen-bond acceptors (Lipinski definition) is 4. The first kappa shape index (κ1) is 25.9. The van der Waals surface area contributed by atoms with Crippen molar-refractivity contribution < 1.29 is 19.1 Å². The number of nitrogens with zero attached hydrogens (tertiary/aromatic N) is 1. The molecule has 0 saturated heterocycles. The minimum absolute atomic E-state index is 0.288. The van der Waals surface area contributed by atoms with Gasteiger partial charge in [0, 0.05) is 12.7 Å². The molecule has 0 saturated carbocycles. The summed E-state index contributed by atoms with van der Waals surface area (Å²) >= 11 is 0. The number of likely N-dealkylation sites (N-methyl/N-ethyl adjacent to an activating group) is 1. The van der Waals surface area contributed by atoms with Gasteiger partial charge in [0.25, 0.3) is 5.91 Å². The number of anilines is 1. The second-order valence-corrected chi connectivity index (χ2v) is 9.38. The van der Waals surface area contributed by atoms with Crippen LogP contribution >= 0.6 is 0 Å². The van der Waals surface area contributed by atoms with E-state index in [1.165, 1.54) is 4.90 Å². The molecular formula is C26H35N3O4. The lowest BCUT2D eigenvalue weighted by molar-refractivity contribution is -0.136. The number of aryl methyl sites for hydroxylation is 4. The Hall–Kier alpha value is -3.35. The molecule has 7 heteroatoms. The molecule has 0 aromatic heterocycles. The zero-order valence-electron chi connectivity index (χ0n) is 20.8. The van der Waals surface area contributed by atoms with E-state index in [0.29, 0.717) is 0 Å². The van der Waals surface area contributed by atoms with Gasteiger partial charge in [-0.05, 0) is 70.7 Å². The van der Waals surface area contributed by atoms with Crippen LogP contribution in [0.1, 0.15) is 54.6 Å². The van der Waals surface area contributed by atoms with Crippen LogP contribution in [-0.4, -0.2) is 42.0 Å². The highest BCUT2D eigenvalue weighted by Gasteiger charge is 2.31. The molecule has 0 bridgehead atoms. The lowest BCUT2D eigenvalue weighted by atomic mass is 9.97. The van der Waals surface area contributed by atoms with Gasteiger partial charge in [0.05, 0.1) is 0 Å². The number of alkyl carbamates (subject to hydrolysis) is 1. The Morgan fingerprint density at radius 2 is 1.58 bits per heavy atom. The summed E-state index contributed by atoms with van der Waals surface area (Å²) in [7, 11) is 1.56. The van der Waals surface area contributed by atoms with Crippen LogP contribution in [0, 0.1) is 27.7 Å². The number of carbonyl (C=O) groups excluding carboxylic acids is 3. The van der Waals surface area contributed by atoms with Gasteiger partial charge in [-0.25, -0.2) is 4.79 Å². The van der Waals surface area contributed by atoms with E-state index in [1.54, 1.807) is 27.8 Å². The number of carbonyl (C=O) groups is 3. The van der Waals surface area contributed by atoms with Crippen molar-refractivity contribution in [3.63, 3.8) is 0 Å². The van der Waals surface area contributed by atoms with Crippen molar-refractivity contribution in [1.82, 2.24) is 10.2 Å². The Bertz CT molecular complexity index is 1020. The molecule has 0 radical (unpaired) electrons. The second-order valence-electron chi connectivity index (χ2n) is 9.38. The van der Waals surface area contributed by atoms with E-state index >= 15 is 0 Å². The van der Waals surface area contributed by atoms with Crippen LogP contribution in [-0.2, 0) is 14.3 Å². The van der Waals surface area contributed by atoms with Crippen LogP contribution in [0.4, 0.5) is 10.5 Å². The molecule has 3 amide bonds. The number of hydrogen-bond donors (Lipinski definition) is 2. The van der Waals surface area contributed by atoms with E-state index in [-0.39, 0.29) is 12.5 Å². The molecule has 0 aliphatic heterocycles. The molecule has 0 aliphatic rings. The first-order valence-corrected chi connectivity index (χ1v) is 11.0. The molecule has 0 fully saturated rings. The molecule has 33 heavy (non-hydrogen) atoms. The van der Waals surface area contributed by atoms with Crippen molar-refractivity contribution in [2.24, 2.45) is 0 Å². The molecular weight excluding hydrogens is 418 g/mol. The summed E-state index contributed by atoms with van der Waals surface area (Å²) in [5.41, 5.74) is 4.60. The number of ether oxygens (including phenoxy) is 1. The summed E-state index contributed by atoms with van der Waals surface area (Å²) in [4.78, 5) is 39.8. The molecule has 1 atom stereocenters. The van der Waals surface area contributed by atoms with Crippen molar-refractivity contribution in [3.8, 4) is 0 Å². The summed E-state index contributed by atoms with van der Waals surface area (Å²) in [5.74, 6) is -0.741. The van der Waals surface area contributed by atoms with E-state index in [1.807, 2.05) is 64.1 Å². The molecule has 2 rings (SSSR count). The van der Waals surface area contributed by atoms with Gasteiger partial charge in [-0.15, -0.1) is 0 Å². The highest BCUT2D eigenvalue weighted by atomic mass is 16.6. The lowest BCUT2D eigenvalue weighted by Gasteiger charge is -2.30. The predicted octanol–water partition coefficient (Wildman–Crippen LogP) is 4.58. The topological polar surface area (TPSA) is 87.7 Å². The van der Waals surface area contributed by atoms with Gasteiger partial charge in [-0.2, -0.15) is 0 Å². The van der Waals surface area contributed by atoms with Crippen LogP contribution in [0.2, 0.25) is 0 Å². The van der Waals surface area contributed by atoms with E-state index in [4.69, 9.17) is 4.74 Å². The number of rotatable bonds is 6. The number of amides is 3. The zero-order valence-corrected chi connectivity index (χ0v) is 20.8. The molecule has 2 aromatic carbocycles. The van der Waals surface area contributed by atoms with Gasteiger partial charge < -0.3 is 20.3 Å². The highest BCUT2D eigenvalue weighted by Crippen LogP contribution is 2.28. The predicted molar refractivity (Wildman–Crippen MR) is 130 cm³/mol. The summed E-state index contributed by atoms with van der Waals surface area (Å²) in [6, 6.07) is 10.7. The standard InChI is InChI=1S/C26H35N3O4/c1-16-12-13-20(19(4)14-16)23(24(31)28-22-17(2)10-9-11-18(22)3)29(8)21(30)15-27-25(32)33-26(5,6)7/h9-14,23H,15H2,1-8H3,(H,27,32)(H,28,31). The summed E-state index contributed by atoms with van der Waals surface area (Å²) in [5, 5.41) is 5.48. The minimum atomic E-state index is -0.877. The largest absolute Gasteiger partial charge is 0.444 e. The fourth-order valence-electron chi connectivity index (χ4n) is 3.59. The third kappa shape index (κ3) is 7.07. The SMILES string of the molecule is Cc1ccc(C(C(=O)Nc2c(C)cccc2C)N(C)C(=O)CNC(=O)OC(C)(C)C)c(C)c1. The van der Waals surface area contributed by atoms with Gasteiger partial charge in [-0.1, -0.05) is 42.0 Å². The third-order valence-corrected chi connectivity index (χ3v) is 5.26. The molecule has 2 N–H and O–H groups in total. The van der Waals surface area contributed by atoms with E-state index in [9.17, 15) is 14.4 Å². The van der Waals surface area contributed by atoms with Crippen LogP contribution in [0.5, 0.6) is 0 Å². The molecule has 0 aliphatic carbocycles. The molecule has 2 aromatic rings. The van der Waals surface area contributed by atoms with Crippen molar-refractivity contribution in [2.45, 2.75) is 60.1 Å². The highest BCUT2D eigenvalue weighted by molar-refractivity contribution is 5.99. The summed E-state index contributed by atoms with van der Waals surface area (Å²) < 4.78 is 5.20. The average Bonchev–Trinajstić information content (AvgIpc) is 2.69. The summed E-state index contributed by atoms with van der Waals surface area (Å²) in [6.07, 6.45) is -0.688. The van der Waals surface area contributed by atoms with E-state index in [2.05, 4.69) is 10.6 Å². The fourth-order valence-corrected chi connectivity index (χ4v) is 3.59. The van der Waals surface area contributed by atoms with Crippen molar-refractivity contribution in [2.75, 3.05) is 18.9 Å². The maximum atomic E-state index is 13.5. The lowest BCUT2D eigenvalue weighted by Crippen LogP contribution is -2.44. The Balaban J connectivity index is 2.31. The molecule has 0 spiro atoms. The monoisotopic (exact) mass is 453 g/mol. The zero-order chi connectivity index (χ0) is 24.9. The minimum Gasteiger partial charge on any atom is -0.444 e. The van der Waals surface area contributed by atoms with Gasteiger partial charge >= 0.3 is 6.09 Å². The van der Waals surface area contributed by atoms with Crippen LogP contribution in [0.25, 0.3) is 0 Å². The quantitative estimate of drug-likeness (QED) is 0.670. The molecule has 1 unspecified atom stereocenters. The van der Waals surface area contributed by atoms with Crippen LogP contribution in [0.3, 0.4) is 0 Å². The fraction of sp³-hybridized carbons (Fsp3) is 0.423. The van der Waals surface area contributed by atoms with Gasteiger partial charge in [0.1, 0.15) is 18.2 Å². The molecule has 0 heterocycles. The molecule has 178 valence electrons. The van der Waals surface area contributed by atoms with E-state index < -0.39 is 23.6 Å². The Morgan fingerprint density at radius 3 is 2.12 bits per heavy atom. The normalized spacial score (nSPS) is 12.0.